The molecule has 2 rings (SSSR count). The van der Waals surface area contributed by atoms with Crippen LogP contribution in [0.2, 0.25) is 0 Å². The van der Waals surface area contributed by atoms with Gasteiger partial charge in [-0.25, -0.2) is 0 Å². The molecule has 0 aliphatic carbocycles. The lowest BCUT2D eigenvalue weighted by Gasteiger charge is -2.21. The van der Waals surface area contributed by atoms with Gasteiger partial charge in [-0.05, 0) is 63.6 Å². The second-order valence-corrected chi connectivity index (χ2v) is 9.01. The van der Waals surface area contributed by atoms with E-state index in [0.717, 1.165) is 29.0 Å². The summed E-state index contributed by atoms with van der Waals surface area (Å²) in [6.45, 7) is 10.7. The maximum atomic E-state index is 13.3. The fourth-order valence-electron chi connectivity index (χ4n) is 3.14. The average molecular weight is 326 g/mol. The standard InChI is InChI=1S/C21H27OP/c1-15(2)13-23(14-19-9-7-6-8-10-19)21(22)20-17(4)11-16(3)12-18(20)5/h6-12,15H,13-14H2,1-5H3. The van der Waals surface area contributed by atoms with Gasteiger partial charge in [-0.15, -0.1) is 0 Å². The highest BCUT2D eigenvalue weighted by molar-refractivity contribution is 7.74. The van der Waals surface area contributed by atoms with Crippen LogP contribution in [-0.2, 0) is 6.16 Å². The van der Waals surface area contributed by atoms with Crippen LogP contribution in [-0.4, -0.2) is 11.7 Å². The molecule has 0 aliphatic heterocycles. The first-order valence-corrected chi connectivity index (χ1v) is 10.0. The number of carbonyl (C=O) groups is 1. The molecule has 2 aromatic rings. The molecule has 1 atom stereocenters. The third kappa shape index (κ3) is 4.75. The Hall–Kier alpha value is -1.46. The van der Waals surface area contributed by atoms with Crippen LogP contribution >= 0.6 is 7.92 Å². The molecular formula is C21H27OP. The second kappa shape index (κ2) is 7.88. The zero-order valence-corrected chi connectivity index (χ0v) is 15.8. The molecule has 0 fully saturated rings. The summed E-state index contributed by atoms with van der Waals surface area (Å²) in [7, 11) is -0.695. The lowest BCUT2D eigenvalue weighted by Crippen LogP contribution is -2.09. The summed E-state index contributed by atoms with van der Waals surface area (Å²) in [5.41, 5.74) is 6.07. The minimum atomic E-state index is -0.695. The van der Waals surface area contributed by atoms with E-state index in [2.05, 4.69) is 71.0 Å². The highest BCUT2D eigenvalue weighted by atomic mass is 31.1. The van der Waals surface area contributed by atoms with Gasteiger partial charge in [0.05, 0.1) is 0 Å². The van der Waals surface area contributed by atoms with E-state index in [0.29, 0.717) is 11.4 Å². The molecule has 0 N–H and O–H groups in total. The fourth-order valence-corrected chi connectivity index (χ4v) is 5.78. The van der Waals surface area contributed by atoms with Crippen LogP contribution in [0.3, 0.4) is 0 Å². The van der Waals surface area contributed by atoms with Crippen molar-refractivity contribution >= 4 is 13.4 Å². The summed E-state index contributed by atoms with van der Waals surface area (Å²) in [4.78, 5) is 13.3. The molecule has 0 amide bonds. The fraction of sp³-hybridized carbons (Fsp3) is 0.381. The van der Waals surface area contributed by atoms with Crippen molar-refractivity contribution in [2.75, 3.05) is 6.16 Å². The van der Waals surface area contributed by atoms with Gasteiger partial charge < -0.3 is 0 Å². The van der Waals surface area contributed by atoms with E-state index >= 15 is 0 Å². The highest BCUT2D eigenvalue weighted by Crippen LogP contribution is 2.46. The molecule has 0 spiro atoms. The predicted molar refractivity (Wildman–Crippen MR) is 102 cm³/mol. The SMILES string of the molecule is Cc1cc(C)c(C(=O)P(Cc2ccccc2)CC(C)C)c(C)c1. The first kappa shape index (κ1) is 17.9. The molecule has 1 nitrogen and oxygen atoms in total. The molecule has 0 saturated carbocycles. The van der Waals surface area contributed by atoms with Crippen molar-refractivity contribution in [2.45, 2.75) is 40.8 Å². The largest absolute Gasteiger partial charge is 0.289 e. The van der Waals surface area contributed by atoms with E-state index in [1.165, 1.54) is 11.1 Å². The van der Waals surface area contributed by atoms with Gasteiger partial charge >= 0.3 is 0 Å². The molecule has 122 valence electrons. The van der Waals surface area contributed by atoms with E-state index < -0.39 is 7.92 Å². The summed E-state index contributed by atoms with van der Waals surface area (Å²) < 4.78 is 0. The van der Waals surface area contributed by atoms with Crippen LogP contribution in [0.15, 0.2) is 42.5 Å². The molecule has 23 heavy (non-hydrogen) atoms. The molecule has 0 aliphatic rings. The maximum Gasteiger partial charge on any atom is 0.185 e. The van der Waals surface area contributed by atoms with Crippen molar-refractivity contribution < 1.29 is 4.79 Å². The number of benzene rings is 2. The molecule has 2 heteroatoms. The Morgan fingerprint density at radius 1 is 1.00 bits per heavy atom. The smallest absolute Gasteiger partial charge is 0.185 e. The van der Waals surface area contributed by atoms with E-state index in [4.69, 9.17) is 0 Å². The summed E-state index contributed by atoms with van der Waals surface area (Å²) in [5.74, 6) is 0.542. The van der Waals surface area contributed by atoms with Crippen LogP contribution in [0.1, 0.15) is 46.5 Å². The number of aryl methyl sites for hydroxylation is 3. The normalized spacial score (nSPS) is 12.4. The first-order valence-electron chi connectivity index (χ1n) is 8.29. The van der Waals surface area contributed by atoms with E-state index in [1.54, 1.807) is 0 Å². The minimum absolute atomic E-state index is 0.368. The van der Waals surface area contributed by atoms with Gasteiger partial charge in [0.25, 0.3) is 0 Å². The molecule has 0 heterocycles. The van der Waals surface area contributed by atoms with E-state index in [-0.39, 0.29) is 0 Å². The van der Waals surface area contributed by atoms with Crippen LogP contribution < -0.4 is 0 Å². The lowest BCUT2D eigenvalue weighted by molar-refractivity contribution is 0.108. The topological polar surface area (TPSA) is 17.1 Å². The third-order valence-corrected chi connectivity index (χ3v) is 6.70. The molecule has 2 aromatic carbocycles. The summed E-state index contributed by atoms with van der Waals surface area (Å²) in [5, 5.41) is 0. The van der Waals surface area contributed by atoms with Crippen molar-refractivity contribution in [3.05, 3.63) is 70.3 Å². The van der Waals surface area contributed by atoms with Gasteiger partial charge in [-0.1, -0.05) is 61.9 Å². The van der Waals surface area contributed by atoms with Gasteiger partial charge in [-0.2, -0.15) is 0 Å². The summed E-state index contributed by atoms with van der Waals surface area (Å²) in [6, 6.07) is 14.7. The minimum Gasteiger partial charge on any atom is -0.289 e. The average Bonchev–Trinajstić information content (AvgIpc) is 2.46. The van der Waals surface area contributed by atoms with Gasteiger partial charge in [0, 0.05) is 5.56 Å². The Labute approximate surface area is 141 Å². The van der Waals surface area contributed by atoms with Gasteiger partial charge in [0.1, 0.15) is 0 Å². The van der Waals surface area contributed by atoms with Gasteiger partial charge in [0.2, 0.25) is 0 Å². The Balaban J connectivity index is 2.34. The van der Waals surface area contributed by atoms with Gasteiger partial charge in [-0.3, -0.25) is 4.79 Å². The van der Waals surface area contributed by atoms with Crippen LogP contribution in [0.5, 0.6) is 0 Å². The van der Waals surface area contributed by atoms with Crippen molar-refractivity contribution in [2.24, 2.45) is 5.92 Å². The third-order valence-electron chi connectivity index (χ3n) is 3.98. The van der Waals surface area contributed by atoms with Crippen molar-refractivity contribution in [3.63, 3.8) is 0 Å². The van der Waals surface area contributed by atoms with Crippen molar-refractivity contribution in [1.82, 2.24) is 0 Å². The van der Waals surface area contributed by atoms with Crippen molar-refractivity contribution in [3.8, 4) is 0 Å². The second-order valence-electron chi connectivity index (χ2n) is 6.84. The monoisotopic (exact) mass is 326 g/mol. The maximum absolute atomic E-state index is 13.3. The van der Waals surface area contributed by atoms with Gasteiger partial charge in [0.15, 0.2) is 5.52 Å². The molecule has 0 saturated heterocycles. The number of hydrogen-bond donors (Lipinski definition) is 0. The first-order chi connectivity index (χ1) is 10.9. The quantitative estimate of drug-likeness (QED) is 0.587. The summed E-state index contributed by atoms with van der Waals surface area (Å²) >= 11 is 0. The molecular weight excluding hydrogens is 299 g/mol. The number of hydrogen-bond acceptors (Lipinski definition) is 1. The van der Waals surface area contributed by atoms with Crippen molar-refractivity contribution in [1.29, 1.82) is 0 Å². The van der Waals surface area contributed by atoms with E-state index in [1.807, 2.05) is 6.07 Å². The number of carbonyl (C=O) groups excluding carboxylic acids is 1. The molecule has 0 aromatic heterocycles. The van der Waals surface area contributed by atoms with Crippen LogP contribution in [0.25, 0.3) is 0 Å². The van der Waals surface area contributed by atoms with E-state index in [9.17, 15) is 4.79 Å². The molecule has 1 unspecified atom stereocenters. The summed E-state index contributed by atoms with van der Waals surface area (Å²) in [6.07, 6.45) is 1.88. The van der Waals surface area contributed by atoms with Crippen LogP contribution in [0.4, 0.5) is 0 Å². The van der Waals surface area contributed by atoms with Crippen LogP contribution in [0, 0.1) is 26.7 Å². The zero-order valence-electron chi connectivity index (χ0n) is 14.9. The molecule has 0 bridgehead atoms. The zero-order chi connectivity index (χ0) is 17.0. The predicted octanol–water partition coefficient (Wildman–Crippen LogP) is 6.09. The Morgan fingerprint density at radius 2 is 1.57 bits per heavy atom. The lowest BCUT2D eigenvalue weighted by atomic mass is 10.0. The Morgan fingerprint density at radius 3 is 2.09 bits per heavy atom. The molecule has 0 radical (unpaired) electrons. The Kier molecular flexibility index (Phi) is 6.13. The Bertz CT molecular complexity index is 650. The highest BCUT2D eigenvalue weighted by Gasteiger charge is 2.24. The number of rotatable bonds is 6.